The average molecular weight is 1250 g/mol. The lowest BCUT2D eigenvalue weighted by Crippen LogP contribution is -2.63. The summed E-state index contributed by atoms with van der Waals surface area (Å²) in [5, 5.41) is 32.3. The van der Waals surface area contributed by atoms with Crippen molar-refractivity contribution in [3.8, 4) is 0 Å². The molecule has 0 aromatic heterocycles. The fraction of sp³-hybridized carbons (Fsp3) is 0.787. The summed E-state index contributed by atoms with van der Waals surface area (Å²) >= 11 is 1.07. The molecular weight excluding hydrogens is 1140 g/mol. The molecule has 0 radical (unpaired) electrons. The molecule has 11 atom stereocenters. The van der Waals surface area contributed by atoms with Crippen LogP contribution in [-0.4, -0.2) is 269 Å². The molecule has 25 nitrogen and oxygen atoms in total. The van der Waals surface area contributed by atoms with Gasteiger partial charge in [0.2, 0.25) is 59.1 Å². The van der Waals surface area contributed by atoms with Gasteiger partial charge in [0.05, 0.1) is 24.8 Å². The monoisotopic (exact) mass is 1250 g/mol. The summed E-state index contributed by atoms with van der Waals surface area (Å²) in [5.41, 5.74) is -1.56. The van der Waals surface area contributed by atoms with Crippen molar-refractivity contribution >= 4 is 76.7 Å². The van der Waals surface area contributed by atoms with Crippen LogP contribution in [0.25, 0.3) is 0 Å². The molecule has 1 aliphatic heterocycles. The van der Waals surface area contributed by atoms with Crippen molar-refractivity contribution in [3.05, 3.63) is 12.2 Å². The number of hydrogen-bond acceptors (Lipinski definition) is 15. The molecule has 0 aromatic rings. The molecular formula is C61H110N12O13S. The average Bonchev–Trinajstić information content (AvgIpc) is 1.06. The van der Waals surface area contributed by atoms with E-state index in [0.717, 1.165) is 31.4 Å². The van der Waals surface area contributed by atoms with Gasteiger partial charge in [0.15, 0.2) is 5.37 Å². The second-order valence-electron chi connectivity index (χ2n) is 26.1. The number of aliphatic hydroxyl groups excluding tert-OH is 1. The molecule has 0 aliphatic carbocycles. The first-order valence-corrected chi connectivity index (χ1v) is 31.4. The fourth-order valence-electron chi connectivity index (χ4n) is 10.2. The van der Waals surface area contributed by atoms with Crippen LogP contribution in [0.1, 0.15) is 129 Å². The van der Waals surface area contributed by atoms with Gasteiger partial charge in [-0.05, 0) is 104 Å². The molecule has 0 spiro atoms. The minimum absolute atomic E-state index is 0.128. The van der Waals surface area contributed by atoms with Gasteiger partial charge in [-0.15, -0.1) is 11.8 Å². The van der Waals surface area contributed by atoms with E-state index in [0.29, 0.717) is 12.3 Å². The Kier molecular flexibility index (Phi) is 32.7. The SMILES string of the molecule is C/C=C/C[C@@H](C)[C@@H](O)[C@H]1C(=O)NCC(=O)N(C)[C@H](SCCN(C)C)C(=O)N(C)[C@@H](CC(C)(C)O)C(=O)NCC(=O)N(C)[C@@H](CC(C)C)C(=O)N[C@@H](C)C(=O)N[C@H](C)C(=O)N(C)[C@@H](CC(C)C)C(=O)N(C)[C@@H](CC(C)C)C(=O)N(C)[C@@H](C(C)C)C(=O)N1C. The van der Waals surface area contributed by atoms with Crippen molar-refractivity contribution in [1.29, 1.82) is 0 Å². The van der Waals surface area contributed by atoms with E-state index in [1.54, 1.807) is 39.8 Å². The van der Waals surface area contributed by atoms with Crippen molar-refractivity contribution in [3.63, 3.8) is 0 Å². The van der Waals surface area contributed by atoms with Crippen LogP contribution in [-0.2, 0) is 52.7 Å². The lowest BCUT2D eigenvalue weighted by molar-refractivity contribution is -0.157. The molecule has 1 heterocycles. The summed E-state index contributed by atoms with van der Waals surface area (Å²) in [4.78, 5) is 169. The Morgan fingerprint density at radius 3 is 1.46 bits per heavy atom. The van der Waals surface area contributed by atoms with Gasteiger partial charge in [-0.25, -0.2) is 0 Å². The van der Waals surface area contributed by atoms with E-state index in [9.17, 15) is 53.4 Å². The topological polar surface area (TPSA) is 302 Å². The highest BCUT2D eigenvalue weighted by Crippen LogP contribution is 2.26. The van der Waals surface area contributed by atoms with Gasteiger partial charge in [0.25, 0.3) is 5.91 Å². The number of aliphatic hydroxyl groups is 2. The molecule has 1 saturated heterocycles. The van der Waals surface area contributed by atoms with Crippen LogP contribution in [0.2, 0.25) is 0 Å². The normalized spacial score (nSPS) is 25.8. The molecule has 0 bridgehead atoms. The summed E-state index contributed by atoms with van der Waals surface area (Å²) < 4.78 is 0. The van der Waals surface area contributed by atoms with Crippen LogP contribution in [0.5, 0.6) is 0 Å². The van der Waals surface area contributed by atoms with E-state index in [1.807, 2.05) is 60.5 Å². The maximum atomic E-state index is 15.1. The van der Waals surface area contributed by atoms with Crippen LogP contribution in [0.3, 0.4) is 0 Å². The Labute approximate surface area is 523 Å². The first-order valence-electron chi connectivity index (χ1n) is 30.3. The highest BCUT2D eigenvalue weighted by atomic mass is 32.2. The smallest absolute Gasteiger partial charge is 0.256 e. The van der Waals surface area contributed by atoms with Crippen molar-refractivity contribution in [2.24, 2.45) is 29.6 Å². The number of likely N-dealkylation sites (N-methyl/N-ethyl adjacent to an activating group) is 7. The zero-order valence-electron chi connectivity index (χ0n) is 56.6. The van der Waals surface area contributed by atoms with Crippen LogP contribution >= 0.6 is 11.8 Å². The second kappa shape index (κ2) is 36.0. The number of amides is 11. The predicted octanol–water partition coefficient (Wildman–Crippen LogP) is 1.20. The highest BCUT2D eigenvalue weighted by molar-refractivity contribution is 8.00. The summed E-state index contributed by atoms with van der Waals surface area (Å²) in [6.45, 7) is 22.8. The van der Waals surface area contributed by atoms with E-state index < -0.39 is 155 Å². The molecule has 0 saturated carbocycles. The number of rotatable bonds is 17. The number of carbonyl (C=O) groups excluding carboxylic acids is 11. The van der Waals surface area contributed by atoms with Crippen molar-refractivity contribution < 1.29 is 63.0 Å². The highest BCUT2D eigenvalue weighted by Gasteiger charge is 2.45. The third-order valence-electron chi connectivity index (χ3n) is 15.7. The number of nitrogens with one attached hydrogen (secondary N) is 4. The zero-order valence-corrected chi connectivity index (χ0v) is 57.4. The van der Waals surface area contributed by atoms with E-state index in [-0.39, 0.29) is 49.9 Å². The number of thioether (sulfide) groups is 1. The molecule has 1 aliphatic rings. The van der Waals surface area contributed by atoms with Crippen molar-refractivity contribution in [1.82, 2.24) is 60.5 Å². The lowest BCUT2D eigenvalue weighted by atomic mass is 9.91. The zero-order chi connectivity index (χ0) is 67.4. The molecule has 1 rings (SSSR count). The van der Waals surface area contributed by atoms with Gasteiger partial charge < -0.3 is 70.7 Å². The number of hydrogen-bond donors (Lipinski definition) is 6. The van der Waals surface area contributed by atoms with E-state index in [4.69, 9.17) is 0 Å². The van der Waals surface area contributed by atoms with Crippen LogP contribution in [0, 0.1) is 29.6 Å². The largest absolute Gasteiger partial charge is 0.390 e. The Bertz CT molecular complexity index is 2380. The quantitative estimate of drug-likeness (QED) is 0.112. The van der Waals surface area contributed by atoms with Crippen molar-refractivity contribution in [2.75, 3.05) is 88.8 Å². The Hall–Kier alpha value is -5.86. The first kappa shape index (κ1) is 79.2. The maximum Gasteiger partial charge on any atom is 0.256 e. The van der Waals surface area contributed by atoms with Gasteiger partial charge in [-0.3, -0.25) is 52.7 Å². The molecule has 0 unspecified atom stereocenters. The van der Waals surface area contributed by atoms with Gasteiger partial charge in [-0.1, -0.05) is 74.5 Å². The number of allylic oxidation sites excluding steroid dienone is 2. The van der Waals surface area contributed by atoms with Gasteiger partial charge in [-0.2, -0.15) is 0 Å². The van der Waals surface area contributed by atoms with Gasteiger partial charge in [0, 0.05) is 68.1 Å². The second-order valence-corrected chi connectivity index (χ2v) is 27.2. The van der Waals surface area contributed by atoms with Gasteiger partial charge >= 0.3 is 0 Å². The standard InChI is InChI=1S/C61H110N12O13S/c1-24-25-26-39(10)50(76)49-54(80)63-34-47(75)71(21)60(87-28-27-66(15)16)59(85)70(20)45(32-61(13,14)86)52(78)62-33-46(74)67(17)42(29-35(2)3)53(79)64-40(11)51(77)65-41(12)55(81)68(18)43(30-36(4)5)56(82)69(19)44(31-37(6)7)57(83)72(22)48(38(8)9)58(84)73(49)23/h24-25,35-45,48-50,60,76,86H,26-34H2,1-23H3,(H,62,78)(H,63,80)(H,64,79)(H,65,77)/b25-24+/t39-,40+,41-,42+,43+,44+,45+,48+,49+,50-,60-/m1/s1. The third-order valence-corrected chi connectivity index (χ3v) is 16.9. The summed E-state index contributed by atoms with van der Waals surface area (Å²) in [7, 11) is 13.3. The summed E-state index contributed by atoms with van der Waals surface area (Å²) in [6, 6.07) is -10.3. The fourth-order valence-corrected chi connectivity index (χ4v) is 11.6. The summed E-state index contributed by atoms with van der Waals surface area (Å²) in [6.07, 6.45) is 2.40. The molecule has 26 heteroatoms. The maximum absolute atomic E-state index is 15.1. The van der Waals surface area contributed by atoms with Crippen molar-refractivity contribution in [2.45, 2.75) is 194 Å². The minimum Gasteiger partial charge on any atom is -0.390 e. The van der Waals surface area contributed by atoms with E-state index in [1.165, 1.54) is 91.7 Å². The van der Waals surface area contributed by atoms with Gasteiger partial charge in [0.1, 0.15) is 48.3 Å². The number of carbonyl (C=O) groups is 11. The van der Waals surface area contributed by atoms with Crippen LogP contribution in [0.15, 0.2) is 12.2 Å². The van der Waals surface area contributed by atoms with E-state index in [2.05, 4.69) is 21.3 Å². The lowest BCUT2D eigenvalue weighted by Gasteiger charge is -2.41. The number of nitrogens with zero attached hydrogens (tertiary/aromatic N) is 8. The Morgan fingerprint density at radius 1 is 0.552 bits per heavy atom. The van der Waals surface area contributed by atoms with Crippen LogP contribution in [0.4, 0.5) is 0 Å². The Morgan fingerprint density at radius 2 is 0.989 bits per heavy atom. The molecule has 6 N–H and O–H groups in total. The minimum atomic E-state index is -1.64. The van der Waals surface area contributed by atoms with E-state index >= 15 is 9.59 Å². The molecule has 0 aromatic carbocycles. The van der Waals surface area contributed by atoms with Crippen LogP contribution < -0.4 is 21.3 Å². The predicted molar refractivity (Wildman–Crippen MR) is 337 cm³/mol. The third kappa shape index (κ3) is 23.9. The first-order chi connectivity index (χ1) is 40.1. The Balaban J connectivity index is 4.33. The molecule has 1 fully saturated rings. The molecule has 11 amide bonds. The molecule has 87 heavy (non-hydrogen) atoms. The molecule has 498 valence electrons. The summed E-state index contributed by atoms with van der Waals surface area (Å²) in [5.74, 6) is -9.50.